The fourth-order valence-corrected chi connectivity index (χ4v) is 2.59. The summed E-state index contributed by atoms with van der Waals surface area (Å²) in [6, 6.07) is 7.79. The maximum absolute atomic E-state index is 6.27. The zero-order valence-electron chi connectivity index (χ0n) is 13.3. The van der Waals surface area contributed by atoms with Gasteiger partial charge in [-0.05, 0) is 39.2 Å². The fourth-order valence-electron chi connectivity index (χ4n) is 2.59. The number of hydrogen-bond acceptors (Lipinski definition) is 5. The number of nitrogens with two attached hydrogens (primary N) is 2. The van der Waals surface area contributed by atoms with Gasteiger partial charge in [-0.2, -0.15) is 0 Å². The molecule has 0 unspecified atom stereocenters. The summed E-state index contributed by atoms with van der Waals surface area (Å²) in [4.78, 5) is 4.44. The molecule has 22 heavy (non-hydrogen) atoms. The summed E-state index contributed by atoms with van der Waals surface area (Å²) >= 11 is 0. The topological polar surface area (TPSA) is 83.4 Å². The zero-order valence-corrected chi connectivity index (χ0v) is 13.3. The zero-order chi connectivity index (χ0) is 15.9. The molecule has 0 radical (unpaired) electrons. The van der Waals surface area contributed by atoms with Crippen molar-refractivity contribution in [2.45, 2.75) is 39.4 Å². The number of benzene rings is 1. The molecule has 4 N–H and O–H groups in total. The molecule has 0 saturated heterocycles. The molecule has 0 bridgehead atoms. The Bertz CT molecular complexity index is 610. The van der Waals surface area contributed by atoms with Crippen LogP contribution < -0.4 is 11.5 Å². The fraction of sp³-hybridized carbons (Fsp3) is 0.471. The van der Waals surface area contributed by atoms with Crippen molar-refractivity contribution in [1.82, 2.24) is 4.98 Å². The van der Waals surface area contributed by atoms with E-state index in [-0.39, 0.29) is 6.29 Å². The van der Waals surface area contributed by atoms with E-state index in [0.29, 0.717) is 19.0 Å². The van der Waals surface area contributed by atoms with E-state index in [1.165, 1.54) is 0 Å². The molecular weight excluding hydrogens is 278 g/mol. The van der Waals surface area contributed by atoms with Crippen molar-refractivity contribution in [3.8, 4) is 0 Å². The number of nitrogen functional groups attached to an aromatic ring is 2. The second-order valence-electron chi connectivity index (χ2n) is 5.14. The highest BCUT2D eigenvalue weighted by Crippen LogP contribution is 2.28. The van der Waals surface area contributed by atoms with Gasteiger partial charge in [-0.25, -0.2) is 4.98 Å². The van der Waals surface area contributed by atoms with Crippen LogP contribution in [-0.2, 0) is 15.9 Å². The lowest BCUT2D eigenvalue weighted by Gasteiger charge is -2.17. The molecule has 0 fully saturated rings. The van der Waals surface area contributed by atoms with Gasteiger partial charge in [0.05, 0.1) is 5.52 Å². The number of rotatable bonds is 8. The van der Waals surface area contributed by atoms with Crippen LogP contribution in [0.25, 0.3) is 10.9 Å². The Balaban J connectivity index is 2.08. The van der Waals surface area contributed by atoms with Crippen LogP contribution in [0.4, 0.5) is 11.5 Å². The van der Waals surface area contributed by atoms with Crippen LogP contribution in [0.1, 0.15) is 32.3 Å². The van der Waals surface area contributed by atoms with Crippen LogP contribution in [0, 0.1) is 0 Å². The average molecular weight is 303 g/mol. The normalized spacial score (nSPS) is 11.4. The summed E-state index contributed by atoms with van der Waals surface area (Å²) in [5.41, 5.74) is 14.8. The molecule has 0 aliphatic heterocycles. The minimum Gasteiger partial charge on any atom is -0.398 e. The lowest BCUT2D eigenvalue weighted by Crippen LogP contribution is -2.17. The maximum Gasteiger partial charge on any atom is 0.157 e. The van der Waals surface area contributed by atoms with Gasteiger partial charge in [0.25, 0.3) is 0 Å². The summed E-state index contributed by atoms with van der Waals surface area (Å²) in [6.07, 6.45) is 2.31. The van der Waals surface area contributed by atoms with Crippen molar-refractivity contribution in [1.29, 1.82) is 0 Å². The van der Waals surface area contributed by atoms with E-state index >= 15 is 0 Å². The molecule has 0 atom stereocenters. The summed E-state index contributed by atoms with van der Waals surface area (Å²) in [7, 11) is 0. The Labute approximate surface area is 131 Å². The molecule has 5 nitrogen and oxygen atoms in total. The van der Waals surface area contributed by atoms with E-state index in [4.69, 9.17) is 20.9 Å². The molecule has 1 heterocycles. The molecule has 120 valence electrons. The van der Waals surface area contributed by atoms with E-state index in [9.17, 15) is 0 Å². The van der Waals surface area contributed by atoms with Crippen LogP contribution >= 0.6 is 0 Å². The molecule has 5 heteroatoms. The quantitative estimate of drug-likeness (QED) is 0.732. The minimum atomic E-state index is -0.161. The third kappa shape index (κ3) is 3.87. The van der Waals surface area contributed by atoms with Gasteiger partial charge in [0.2, 0.25) is 0 Å². The van der Waals surface area contributed by atoms with Gasteiger partial charge in [-0.1, -0.05) is 18.2 Å². The van der Waals surface area contributed by atoms with E-state index < -0.39 is 0 Å². The molecular formula is C17H25N3O2. The van der Waals surface area contributed by atoms with Crippen LogP contribution in [-0.4, -0.2) is 24.5 Å². The second kappa shape index (κ2) is 7.96. The van der Waals surface area contributed by atoms with E-state index in [0.717, 1.165) is 41.4 Å². The predicted molar refractivity (Wildman–Crippen MR) is 90.5 cm³/mol. The molecule has 1 aromatic carbocycles. The number of aromatic nitrogens is 1. The third-order valence-corrected chi connectivity index (χ3v) is 3.64. The Morgan fingerprint density at radius 1 is 1.09 bits per heavy atom. The maximum atomic E-state index is 6.27. The van der Waals surface area contributed by atoms with Crippen molar-refractivity contribution in [2.24, 2.45) is 0 Å². The first-order chi connectivity index (χ1) is 10.7. The number of nitrogens with zero attached hydrogens (tertiary/aromatic N) is 1. The van der Waals surface area contributed by atoms with Gasteiger partial charge in [-0.3, -0.25) is 0 Å². The SMILES string of the molecule is CCOC(CCCc1c(N)nc2ccccc2c1N)OCC. The number of anilines is 2. The van der Waals surface area contributed by atoms with Crippen LogP contribution in [0.3, 0.4) is 0 Å². The van der Waals surface area contributed by atoms with Crippen molar-refractivity contribution in [2.75, 3.05) is 24.7 Å². The lowest BCUT2D eigenvalue weighted by molar-refractivity contribution is -0.139. The first-order valence-electron chi connectivity index (χ1n) is 7.83. The Hall–Kier alpha value is -1.85. The van der Waals surface area contributed by atoms with Crippen LogP contribution in [0.2, 0.25) is 0 Å². The molecule has 2 aromatic rings. The van der Waals surface area contributed by atoms with Crippen LogP contribution in [0.15, 0.2) is 24.3 Å². The lowest BCUT2D eigenvalue weighted by atomic mass is 10.0. The Morgan fingerprint density at radius 3 is 2.45 bits per heavy atom. The third-order valence-electron chi connectivity index (χ3n) is 3.64. The summed E-state index contributed by atoms with van der Waals surface area (Å²) in [5.74, 6) is 0.514. The molecule has 0 aliphatic rings. The smallest absolute Gasteiger partial charge is 0.157 e. The van der Waals surface area contributed by atoms with Crippen molar-refractivity contribution in [3.05, 3.63) is 29.8 Å². The highest BCUT2D eigenvalue weighted by atomic mass is 16.7. The molecule has 0 amide bonds. The van der Waals surface area contributed by atoms with Crippen molar-refractivity contribution in [3.63, 3.8) is 0 Å². The molecule has 1 aromatic heterocycles. The molecule has 0 spiro atoms. The van der Waals surface area contributed by atoms with Crippen molar-refractivity contribution < 1.29 is 9.47 Å². The van der Waals surface area contributed by atoms with E-state index in [1.54, 1.807) is 0 Å². The van der Waals surface area contributed by atoms with Gasteiger partial charge in [0, 0.05) is 29.9 Å². The monoisotopic (exact) mass is 303 g/mol. The molecule has 0 aliphatic carbocycles. The number of hydrogen-bond donors (Lipinski definition) is 2. The first-order valence-corrected chi connectivity index (χ1v) is 7.83. The van der Waals surface area contributed by atoms with E-state index in [1.807, 2.05) is 38.1 Å². The summed E-state index contributed by atoms with van der Waals surface area (Å²) < 4.78 is 11.1. The van der Waals surface area contributed by atoms with Gasteiger partial charge in [0.1, 0.15) is 5.82 Å². The van der Waals surface area contributed by atoms with Crippen molar-refractivity contribution >= 4 is 22.4 Å². The van der Waals surface area contributed by atoms with E-state index in [2.05, 4.69) is 4.98 Å². The highest BCUT2D eigenvalue weighted by Gasteiger charge is 2.13. The standard InChI is InChI=1S/C17H25N3O2/c1-3-21-15(22-4-2)11-7-9-13-16(18)12-8-5-6-10-14(12)20-17(13)19/h5-6,8,10,15H,3-4,7,9,11H2,1-2H3,(H4,18,19,20). The summed E-state index contributed by atoms with van der Waals surface area (Å²) in [5, 5.41) is 0.956. The minimum absolute atomic E-state index is 0.161. The number of para-hydroxylation sites is 1. The molecule has 2 rings (SSSR count). The number of pyridine rings is 1. The first kappa shape index (κ1) is 16.5. The van der Waals surface area contributed by atoms with Gasteiger partial charge < -0.3 is 20.9 Å². The number of ether oxygens (including phenoxy) is 2. The largest absolute Gasteiger partial charge is 0.398 e. The van der Waals surface area contributed by atoms with Gasteiger partial charge >= 0.3 is 0 Å². The average Bonchev–Trinajstić information content (AvgIpc) is 2.51. The summed E-state index contributed by atoms with van der Waals surface area (Å²) in [6.45, 7) is 5.23. The number of fused-ring (bicyclic) bond motifs is 1. The predicted octanol–water partition coefficient (Wildman–Crippen LogP) is 3.12. The highest BCUT2D eigenvalue weighted by molar-refractivity contribution is 5.93. The second-order valence-corrected chi connectivity index (χ2v) is 5.14. The van der Waals surface area contributed by atoms with Gasteiger partial charge in [0.15, 0.2) is 6.29 Å². The Kier molecular flexibility index (Phi) is 5.98. The molecule has 0 saturated carbocycles. The Morgan fingerprint density at radius 2 is 1.77 bits per heavy atom. The van der Waals surface area contributed by atoms with Gasteiger partial charge in [-0.15, -0.1) is 0 Å². The van der Waals surface area contributed by atoms with Crippen LogP contribution in [0.5, 0.6) is 0 Å².